The lowest BCUT2D eigenvalue weighted by Gasteiger charge is -2.32. The third-order valence-corrected chi connectivity index (χ3v) is 4.60. The Kier molecular flexibility index (Phi) is 4.85. The van der Waals surface area contributed by atoms with Gasteiger partial charge in [0.25, 0.3) is 0 Å². The number of nitrogens with zero attached hydrogens (tertiary/aromatic N) is 4. The summed E-state index contributed by atoms with van der Waals surface area (Å²) >= 11 is 0. The predicted molar refractivity (Wildman–Crippen MR) is 90.2 cm³/mol. The lowest BCUT2D eigenvalue weighted by Crippen LogP contribution is -2.40. The number of hydrogen-bond acceptors (Lipinski definition) is 4. The molecule has 1 saturated heterocycles. The number of piperidine rings is 1. The second kappa shape index (κ2) is 6.92. The summed E-state index contributed by atoms with van der Waals surface area (Å²) in [7, 11) is 0. The van der Waals surface area contributed by atoms with Crippen molar-refractivity contribution in [2.75, 3.05) is 13.1 Å². The average Bonchev–Trinajstić information content (AvgIpc) is 3.07. The van der Waals surface area contributed by atoms with Gasteiger partial charge in [0.1, 0.15) is 17.1 Å². The number of hydrogen-bond donors (Lipinski definition) is 1. The Morgan fingerprint density at radius 2 is 1.92 bits per heavy atom. The Balaban J connectivity index is 1.55. The van der Waals surface area contributed by atoms with Crippen molar-refractivity contribution >= 4 is 5.91 Å². The number of amides is 1. The zero-order valence-corrected chi connectivity index (χ0v) is 14.5. The van der Waals surface area contributed by atoms with Gasteiger partial charge in [-0.25, -0.2) is 9.07 Å². The van der Waals surface area contributed by atoms with Gasteiger partial charge in [-0.15, -0.1) is 5.10 Å². The lowest BCUT2D eigenvalue weighted by atomic mass is 10.0. The Labute approximate surface area is 146 Å². The minimum absolute atomic E-state index is 0.0563. The van der Waals surface area contributed by atoms with Gasteiger partial charge >= 0.3 is 0 Å². The second-order valence-corrected chi connectivity index (χ2v) is 7.06. The highest BCUT2D eigenvalue weighted by Gasteiger charge is 2.26. The summed E-state index contributed by atoms with van der Waals surface area (Å²) in [5.74, 6) is -0.240. The summed E-state index contributed by atoms with van der Waals surface area (Å²) in [5.41, 5.74) is 0.353. The molecule has 2 aromatic rings. The van der Waals surface area contributed by atoms with Crippen molar-refractivity contribution in [2.24, 2.45) is 0 Å². The molecule has 0 aliphatic carbocycles. The molecule has 7 heteroatoms. The van der Waals surface area contributed by atoms with Crippen molar-refractivity contribution in [1.82, 2.24) is 19.9 Å². The Hall–Kier alpha value is -2.28. The molecule has 0 atom stereocenters. The monoisotopic (exact) mass is 346 g/mol. The molecule has 1 N–H and O–H groups in total. The number of carbonyl (C=O) groups excluding carboxylic acids is 1. The fraction of sp³-hybridized carbons (Fsp3) is 0.500. The fourth-order valence-corrected chi connectivity index (χ4v) is 3.00. The zero-order chi connectivity index (χ0) is 18.0. The molecule has 1 aliphatic rings. The van der Waals surface area contributed by atoms with Crippen LogP contribution in [0.4, 0.5) is 4.39 Å². The Bertz CT molecular complexity index is 728. The number of aliphatic hydroxyl groups is 1. The molecule has 2 heterocycles. The van der Waals surface area contributed by atoms with Crippen LogP contribution in [0.2, 0.25) is 0 Å². The van der Waals surface area contributed by atoms with Crippen molar-refractivity contribution in [3.05, 3.63) is 47.5 Å². The molecule has 1 aromatic heterocycles. The molecule has 25 heavy (non-hydrogen) atoms. The molecule has 0 unspecified atom stereocenters. The molecular weight excluding hydrogens is 323 g/mol. The highest BCUT2D eigenvalue weighted by atomic mass is 19.1. The van der Waals surface area contributed by atoms with Gasteiger partial charge in [-0.3, -0.25) is 4.79 Å². The third kappa shape index (κ3) is 4.22. The van der Waals surface area contributed by atoms with E-state index in [0.29, 0.717) is 18.8 Å². The van der Waals surface area contributed by atoms with Gasteiger partial charge < -0.3 is 10.0 Å². The molecule has 3 rings (SSSR count). The van der Waals surface area contributed by atoms with Gasteiger partial charge in [0.05, 0.1) is 18.7 Å². The second-order valence-electron chi connectivity index (χ2n) is 7.06. The van der Waals surface area contributed by atoms with Gasteiger partial charge in [0.2, 0.25) is 5.91 Å². The molecule has 0 bridgehead atoms. The quantitative estimate of drug-likeness (QED) is 0.920. The van der Waals surface area contributed by atoms with E-state index < -0.39 is 5.60 Å². The Morgan fingerprint density at radius 1 is 1.28 bits per heavy atom. The maximum Gasteiger partial charge on any atom is 0.226 e. The number of likely N-dealkylation sites (tertiary alicyclic amines) is 1. The molecule has 1 aliphatic heterocycles. The van der Waals surface area contributed by atoms with E-state index in [1.807, 2.05) is 4.90 Å². The van der Waals surface area contributed by atoms with Gasteiger partial charge in [0.15, 0.2) is 0 Å². The maximum absolute atomic E-state index is 12.9. The number of benzene rings is 1. The van der Waals surface area contributed by atoms with Gasteiger partial charge in [-0.1, -0.05) is 17.3 Å². The van der Waals surface area contributed by atoms with Crippen LogP contribution in [0.3, 0.4) is 0 Å². The molecule has 6 nitrogen and oxygen atoms in total. The fourth-order valence-electron chi connectivity index (χ4n) is 3.00. The number of rotatable bonds is 4. The van der Waals surface area contributed by atoms with Crippen LogP contribution in [0.1, 0.15) is 44.0 Å². The summed E-state index contributed by atoms with van der Waals surface area (Å²) in [4.78, 5) is 14.2. The van der Waals surface area contributed by atoms with Crippen LogP contribution in [0, 0.1) is 5.82 Å². The summed E-state index contributed by atoms with van der Waals surface area (Å²) in [6, 6.07) is 6.22. The summed E-state index contributed by atoms with van der Waals surface area (Å²) in [6.45, 7) is 4.67. The van der Waals surface area contributed by atoms with Crippen LogP contribution < -0.4 is 0 Å². The van der Waals surface area contributed by atoms with E-state index in [2.05, 4.69) is 10.3 Å². The molecule has 0 radical (unpaired) electrons. The first kappa shape index (κ1) is 17.5. The standard InChI is InChI=1S/C18H23FN4O2/c1-18(2,25)16-12-23(21-20-16)15-7-9-22(10-8-15)17(24)11-13-3-5-14(19)6-4-13/h3-6,12,15,25H,7-11H2,1-2H3. The summed E-state index contributed by atoms with van der Waals surface area (Å²) in [6.07, 6.45) is 3.66. The molecular formula is C18H23FN4O2. The van der Waals surface area contributed by atoms with Crippen molar-refractivity contribution in [3.63, 3.8) is 0 Å². The number of carbonyl (C=O) groups is 1. The number of halogens is 1. The highest BCUT2D eigenvalue weighted by Crippen LogP contribution is 2.24. The minimum Gasteiger partial charge on any atom is -0.384 e. The van der Waals surface area contributed by atoms with Crippen molar-refractivity contribution in [3.8, 4) is 0 Å². The van der Waals surface area contributed by atoms with Crippen molar-refractivity contribution < 1.29 is 14.3 Å². The largest absolute Gasteiger partial charge is 0.384 e. The molecule has 1 fully saturated rings. The first-order chi connectivity index (χ1) is 11.8. The molecule has 1 aromatic carbocycles. The normalized spacial score (nSPS) is 16.2. The SMILES string of the molecule is CC(C)(O)c1cn(C2CCN(C(=O)Cc3ccc(F)cc3)CC2)nn1. The zero-order valence-electron chi connectivity index (χ0n) is 14.5. The predicted octanol–water partition coefficient (Wildman–Crippen LogP) is 2.05. The van der Waals surface area contributed by atoms with Gasteiger partial charge in [-0.2, -0.15) is 0 Å². The van der Waals surface area contributed by atoms with Crippen molar-refractivity contribution in [2.45, 2.75) is 44.8 Å². The average molecular weight is 346 g/mol. The summed E-state index contributed by atoms with van der Waals surface area (Å²) in [5, 5.41) is 18.1. The van der Waals surface area contributed by atoms with E-state index in [1.165, 1.54) is 12.1 Å². The number of aromatic nitrogens is 3. The van der Waals surface area contributed by atoms with Crippen LogP contribution >= 0.6 is 0 Å². The van der Waals surface area contributed by atoms with Gasteiger partial charge in [0, 0.05) is 13.1 Å². The molecule has 0 saturated carbocycles. The van der Waals surface area contributed by atoms with E-state index in [0.717, 1.165) is 18.4 Å². The van der Waals surface area contributed by atoms with Crippen LogP contribution in [0.5, 0.6) is 0 Å². The molecule has 134 valence electrons. The van der Waals surface area contributed by atoms with Crippen LogP contribution in [0.15, 0.2) is 30.5 Å². The van der Waals surface area contributed by atoms with Gasteiger partial charge in [-0.05, 0) is 44.4 Å². The third-order valence-electron chi connectivity index (χ3n) is 4.60. The maximum atomic E-state index is 12.9. The minimum atomic E-state index is -1.01. The van der Waals surface area contributed by atoms with Crippen LogP contribution in [-0.2, 0) is 16.8 Å². The smallest absolute Gasteiger partial charge is 0.226 e. The van der Waals surface area contributed by atoms with E-state index >= 15 is 0 Å². The van der Waals surface area contributed by atoms with E-state index in [1.54, 1.807) is 36.9 Å². The lowest BCUT2D eigenvalue weighted by molar-refractivity contribution is -0.131. The molecule has 0 spiro atoms. The topological polar surface area (TPSA) is 71.2 Å². The van der Waals surface area contributed by atoms with E-state index in [9.17, 15) is 14.3 Å². The first-order valence-electron chi connectivity index (χ1n) is 8.50. The van der Waals surface area contributed by atoms with Crippen molar-refractivity contribution in [1.29, 1.82) is 0 Å². The highest BCUT2D eigenvalue weighted by molar-refractivity contribution is 5.78. The Morgan fingerprint density at radius 3 is 2.48 bits per heavy atom. The van der Waals surface area contributed by atoms with E-state index in [-0.39, 0.29) is 24.2 Å². The summed E-state index contributed by atoms with van der Waals surface area (Å²) < 4.78 is 14.7. The first-order valence-corrected chi connectivity index (χ1v) is 8.50. The van der Waals surface area contributed by atoms with Crippen LogP contribution in [0.25, 0.3) is 0 Å². The molecule has 1 amide bonds. The van der Waals surface area contributed by atoms with Crippen LogP contribution in [-0.4, -0.2) is 44.0 Å². The van der Waals surface area contributed by atoms with E-state index in [4.69, 9.17) is 0 Å².